The summed E-state index contributed by atoms with van der Waals surface area (Å²) in [6, 6.07) is 14.5. The zero-order chi connectivity index (χ0) is 15.5. The van der Waals surface area contributed by atoms with Crippen LogP contribution < -0.4 is 4.74 Å². The van der Waals surface area contributed by atoms with Crippen molar-refractivity contribution in [3.63, 3.8) is 0 Å². The molecular weight excluding hydrogens is 300 g/mol. The van der Waals surface area contributed by atoms with Gasteiger partial charge in [-0.2, -0.15) is 0 Å². The molecule has 0 saturated carbocycles. The molecule has 1 aliphatic heterocycles. The van der Waals surface area contributed by atoms with Crippen molar-refractivity contribution < 1.29 is 9.53 Å². The molecule has 0 atom stereocenters. The molecule has 0 aromatic heterocycles. The lowest BCUT2D eigenvalue weighted by molar-refractivity contribution is 0.0858. The second-order valence-corrected chi connectivity index (χ2v) is 5.34. The maximum atomic E-state index is 12.7. The van der Waals surface area contributed by atoms with Gasteiger partial charge >= 0.3 is 0 Å². The van der Waals surface area contributed by atoms with Crippen LogP contribution in [0.2, 0.25) is 5.02 Å². The Balaban J connectivity index is 1.87. The van der Waals surface area contributed by atoms with Gasteiger partial charge in [0, 0.05) is 22.7 Å². The molecule has 0 unspecified atom stereocenters. The Kier molecular flexibility index (Phi) is 4.11. The summed E-state index contributed by atoms with van der Waals surface area (Å²) in [5, 5.41) is 0.629. The summed E-state index contributed by atoms with van der Waals surface area (Å²) in [7, 11) is 1.60. The number of ether oxygens (including phenoxy) is 1. The van der Waals surface area contributed by atoms with Crippen LogP contribution >= 0.6 is 11.6 Å². The molecule has 0 fully saturated rings. The number of hydrogen-bond acceptors (Lipinski definition) is 3. The molecule has 5 heteroatoms. The standard InChI is InChI=1S/C17H15ClN2O2/c1-22-15-7-5-12(6-8-15)17(21)20-10-9-19-16(20)13-3-2-4-14(18)11-13/h2-8,11H,9-10H2,1H3. The highest BCUT2D eigenvalue weighted by molar-refractivity contribution is 6.31. The number of halogens is 1. The third-order valence-corrected chi connectivity index (χ3v) is 3.74. The minimum absolute atomic E-state index is 0.0705. The van der Waals surface area contributed by atoms with Crippen molar-refractivity contribution in [2.75, 3.05) is 20.2 Å². The Labute approximate surface area is 134 Å². The Morgan fingerprint density at radius 3 is 2.68 bits per heavy atom. The maximum absolute atomic E-state index is 12.7. The number of benzene rings is 2. The summed E-state index contributed by atoms with van der Waals surface area (Å²) in [5.41, 5.74) is 1.46. The summed E-state index contributed by atoms with van der Waals surface area (Å²) < 4.78 is 5.11. The predicted octanol–water partition coefficient (Wildman–Crippen LogP) is 3.25. The number of nitrogens with zero attached hydrogens (tertiary/aromatic N) is 2. The summed E-state index contributed by atoms with van der Waals surface area (Å²) in [4.78, 5) is 18.8. The van der Waals surface area contributed by atoms with E-state index in [2.05, 4.69) is 4.99 Å². The largest absolute Gasteiger partial charge is 0.497 e. The second kappa shape index (κ2) is 6.20. The van der Waals surface area contributed by atoms with Crippen LogP contribution in [0.15, 0.2) is 53.5 Å². The summed E-state index contributed by atoms with van der Waals surface area (Å²) >= 11 is 6.03. The van der Waals surface area contributed by atoms with Gasteiger partial charge in [0.2, 0.25) is 0 Å². The third kappa shape index (κ3) is 2.83. The normalized spacial score (nSPS) is 13.9. The Bertz CT molecular complexity index is 726. The molecular formula is C17H15ClN2O2. The van der Waals surface area contributed by atoms with E-state index in [0.717, 1.165) is 11.3 Å². The van der Waals surface area contributed by atoms with E-state index in [9.17, 15) is 4.79 Å². The van der Waals surface area contributed by atoms with E-state index in [4.69, 9.17) is 16.3 Å². The second-order valence-electron chi connectivity index (χ2n) is 4.90. The van der Waals surface area contributed by atoms with Gasteiger partial charge < -0.3 is 4.74 Å². The number of aliphatic imine (C=N–C) groups is 1. The number of methoxy groups -OCH3 is 1. The molecule has 0 spiro atoms. The van der Waals surface area contributed by atoms with E-state index in [1.54, 1.807) is 42.3 Å². The minimum Gasteiger partial charge on any atom is -0.497 e. The van der Waals surface area contributed by atoms with Crippen molar-refractivity contribution in [3.05, 3.63) is 64.7 Å². The van der Waals surface area contributed by atoms with Crippen LogP contribution in [0, 0.1) is 0 Å². The lowest BCUT2D eigenvalue weighted by atomic mass is 10.1. The quantitative estimate of drug-likeness (QED) is 0.872. The van der Waals surface area contributed by atoms with Gasteiger partial charge in [-0.15, -0.1) is 0 Å². The van der Waals surface area contributed by atoms with Crippen LogP contribution in [0.1, 0.15) is 15.9 Å². The zero-order valence-electron chi connectivity index (χ0n) is 12.1. The van der Waals surface area contributed by atoms with Gasteiger partial charge in [0.25, 0.3) is 5.91 Å². The molecule has 0 aliphatic carbocycles. The van der Waals surface area contributed by atoms with Crippen LogP contribution in [0.4, 0.5) is 0 Å². The van der Waals surface area contributed by atoms with Crippen molar-refractivity contribution in [3.8, 4) is 5.75 Å². The molecule has 1 heterocycles. The van der Waals surface area contributed by atoms with E-state index < -0.39 is 0 Å². The van der Waals surface area contributed by atoms with Crippen molar-refractivity contribution in [2.24, 2.45) is 4.99 Å². The summed E-state index contributed by atoms with van der Waals surface area (Å²) in [5.74, 6) is 1.32. The highest BCUT2D eigenvalue weighted by Gasteiger charge is 2.25. The first-order chi connectivity index (χ1) is 10.7. The lowest BCUT2D eigenvalue weighted by Gasteiger charge is -2.19. The van der Waals surface area contributed by atoms with Gasteiger partial charge in [-0.05, 0) is 36.4 Å². The summed E-state index contributed by atoms with van der Waals surface area (Å²) in [6.07, 6.45) is 0. The lowest BCUT2D eigenvalue weighted by Crippen LogP contribution is -2.34. The van der Waals surface area contributed by atoms with Gasteiger partial charge in [-0.25, -0.2) is 0 Å². The molecule has 2 aromatic rings. The number of carbonyl (C=O) groups excluding carboxylic acids is 1. The zero-order valence-corrected chi connectivity index (χ0v) is 12.9. The molecule has 3 rings (SSSR count). The van der Waals surface area contributed by atoms with Crippen LogP contribution in [-0.2, 0) is 0 Å². The average molecular weight is 315 g/mol. The number of amides is 1. The third-order valence-electron chi connectivity index (χ3n) is 3.51. The molecule has 0 bridgehead atoms. The van der Waals surface area contributed by atoms with Gasteiger partial charge in [-0.3, -0.25) is 14.7 Å². The van der Waals surface area contributed by atoms with E-state index in [0.29, 0.717) is 29.5 Å². The first-order valence-corrected chi connectivity index (χ1v) is 7.33. The fourth-order valence-electron chi connectivity index (χ4n) is 2.41. The molecule has 4 nitrogen and oxygen atoms in total. The average Bonchev–Trinajstić information content (AvgIpc) is 3.04. The highest BCUT2D eigenvalue weighted by atomic mass is 35.5. The van der Waals surface area contributed by atoms with Gasteiger partial charge in [-0.1, -0.05) is 23.7 Å². The van der Waals surface area contributed by atoms with Crippen molar-refractivity contribution >= 4 is 23.3 Å². The van der Waals surface area contributed by atoms with E-state index in [-0.39, 0.29) is 5.91 Å². The smallest absolute Gasteiger partial charge is 0.259 e. The predicted molar refractivity (Wildman–Crippen MR) is 86.9 cm³/mol. The maximum Gasteiger partial charge on any atom is 0.259 e. The number of amidine groups is 1. The Morgan fingerprint density at radius 1 is 1.23 bits per heavy atom. The highest BCUT2D eigenvalue weighted by Crippen LogP contribution is 2.19. The topological polar surface area (TPSA) is 41.9 Å². The fourth-order valence-corrected chi connectivity index (χ4v) is 2.60. The van der Waals surface area contributed by atoms with Crippen molar-refractivity contribution in [1.29, 1.82) is 0 Å². The Morgan fingerprint density at radius 2 is 2.00 bits per heavy atom. The number of carbonyl (C=O) groups is 1. The van der Waals surface area contributed by atoms with Crippen LogP contribution in [0.25, 0.3) is 0 Å². The van der Waals surface area contributed by atoms with Crippen LogP contribution in [-0.4, -0.2) is 36.8 Å². The van der Waals surface area contributed by atoms with Gasteiger partial charge in [0.15, 0.2) is 0 Å². The van der Waals surface area contributed by atoms with E-state index >= 15 is 0 Å². The number of rotatable bonds is 3. The molecule has 2 aromatic carbocycles. The van der Waals surface area contributed by atoms with E-state index in [1.807, 2.05) is 18.2 Å². The molecule has 0 saturated heterocycles. The van der Waals surface area contributed by atoms with Gasteiger partial charge in [0.1, 0.15) is 11.6 Å². The SMILES string of the molecule is COc1ccc(C(=O)N2CCN=C2c2cccc(Cl)c2)cc1. The molecule has 112 valence electrons. The molecule has 0 radical (unpaired) electrons. The Hall–Kier alpha value is -2.33. The molecule has 0 N–H and O–H groups in total. The van der Waals surface area contributed by atoms with Crippen molar-refractivity contribution in [2.45, 2.75) is 0 Å². The number of hydrogen-bond donors (Lipinski definition) is 0. The minimum atomic E-state index is -0.0705. The first-order valence-electron chi connectivity index (χ1n) is 6.95. The van der Waals surface area contributed by atoms with Crippen LogP contribution in [0.5, 0.6) is 5.75 Å². The molecule has 1 aliphatic rings. The molecule has 1 amide bonds. The fraction of sp³-hybridized carbons (Fsp3) is 0.176. The van der Waals surface area contributed by atoms with Gasteiger partial charge in [0.05, 0.1) is 13.7 Å². The van der Waals surface area contributed by atoms with Crippen LogP contribution in [0.3, 0.4) is 0 Å². The van der Waals surface area contributed by atoms with Crippen molar-refractivity contribution in [1.82, 2.24) is 4.90 Å². The first kappa shape index (κ1) is 14.6. The monoisotopic (exact) mass is 314 g/mol. The van der Waals surface area contributed by atoms with E-state index in [1.165, 1.54) is 0 Å². The summed E-state index contributed by atoms with van der Waals surface area (Å²) in [6.45, 7) is 1.18. The molecule has 22 heavy (non-hydrogen) atoms.